The molecule has 0 fully saturated rings. The molecule has 1 atom stereocenters. The van der Waals surface area contributed by atoms with Crippen molar-refractivity contribution in [2.45, 2.75) is 51.6 Å². The summed E-state index contributed by atoms with van der Waals surface area (Å²) in [6.45, 7) is 7.44. The topological polar surface area (TPSA) is 86.8 Å². The zero-order valence-electron chi connectivity index (χ0n) is 22.8. The molecule has 3 rings (SSSR count). The van der Waals surface area contributed by atoms with E-state index in [-0.39, 0.29) is 23.3 Å². The number of carbonyl (C=O) groups excluding carboxylic acids is 2. The zero-order valence-corrected chi connectivity index (χ0v) is 23.6. The normalized spacial score (nSPS) is 12.2. The van der Waals surface area contributed by atoms with E-state index in [1.165, 1.54) is 29.2 Å². The number of carbonyl (C=O) groups is 2. The van der Waals surface area contributed by atoms with E-state index in [0.717, 1.165) is 4.31 Å². The second-order valence-corrected chi connectivity index (χ2v) is 11.7. The summed E-state index contributed by atoms with van der Waals surface area (Å²) < 4.78 is 42.3. The summed E-state index contributed by atoms with van der Waals surface area (Å²) in [5, 5.41) is 2.89. The Morgan fingerprint density at radius 1 is 0.923 bits per heavy atom. The molecule has 208 valence electrons. The van der Waals surface area contributed by atoms with Gasteiger partial charge in [0.15, 0.2) is 0 Å². The predicted molar refractivity (Wildman–Crippen MR) is 151 cm³/mol. The molecule has 0 aliphatic carbocycles. The van der Waals surface area contributed by atoms with Crippen molar-refractivity contribution >= 4 is 27.5 Å². The molecule has 0 spiro atoms. The number of para-hydroxylation sites is 1. The van der Waals surface area contributed by atoms with Crippen LogP contribution in [0.3, 0.4) is 0 Å². The Morgan fingerprint density at radius 2 is 1.54 bits per heavy atom. The molecule has 0 aliphatic rings. The van der Waals surface area contributed by atoms with E-state index in [1.54, 1.807) is 68.4 Å². The van der Waals surface area contributed by atoms with E-state index in [1.807, 2.05) is 13.8 Å². The van der Waals surface area contributed by atoms with E-state index in [4.69, 9.17) is 0 Å². The molecule has 2 amide bonds. The fraction of sp³-hybridized carbons (Fsp3) is 0.333. The van der Waals surface area contributed by atoms with Gasteiger partial charge in [0.05, 0.1) is 10.6 Å². The molecular weight excluding hydrogens is 517 g/mol. The van der Waals surface area contributed by atoms with Gasteiger partial charge in [0, 0.05) is 13.1 Å². The van der Waals surface area contributed by atoms with Gasteiger partial charge in [-0.3, -0.25) is 13.9 Å². The number of hydrogen-bond acceptors (Lipinski definition) is 4. The van der Waals surface area contributed by atoms with Crippen LogP contribution in [0.25, 0.3) is 0 Å². The standard InChI is InChI=1S/C30H36FN3O4S/c1-5-27(30(36)32-19-22(2)3)33(20-24-15-17-25(31)18-16-24)29(35)21-34(28-14-10-9-11-23(28)4)39(37,38)26-12-7-6-8-13-26/h6-18,22,27H,5,19-21H2,1-4H3,(H,32,36)/t27-/m1/s1. The molecule has 0 saturated heterocycles. The second-order valence-electron chi connectivity index (χ2n) is 9.82. The van der Waals surface area contributed by atoms with Crippen LogP contribution in [-0.4, -0.2) is 44.3 Å². The van der Waals surface area contributed by atoms with E-state index in [2.05, 4.69) is 5.32 Å². The Hall–Kier alpha value is -3.72. The molecule has 39 heavy (non-hydrogen) atoms. The summed E-state index contributed by atoms with van der Waals surface area (Å²) >= 11 is 0. The molecule has 0 unspecified atom stereocenters. The Bertz CT molecular complexity index is 1360. The molecule has 0 heterocycles. The summed E-state index contributed by atoms with van der Waals surface area (Å²) in [5.74, 6) is -1.08. The molecule has 1 N–H and O–H groups in total. The number of benzene rings is 3. The number of halogens is 1. The number of hydrogen-bond donors (Lipinski definition) is 1. The molecule has 0 radical (unpaired) electrons. The SMILES string of the molecule is CC[C@H](C(=O)NCC(C)C)N(Cc1ccc(F)cc1)C(=O)CN(c1ccccc1C)S(=O)(=O)c1ccccc1. The first-order valence-corrected chi connectivity index (χ1v) is 14.4. The van der Waals surface area contributed by atoms with Crippen molar-refractivity contribution < 1.29 is 22.4 Å². The Labute approximate surface area is 230 Å². The van der Waals surface area contributed by atoms with Crippen LogP contribution in [0, 0.1) is 18.7 Å². The molecule has 0 aliphatic heterocycles. The largest absolute Gasteiger partial charge is 0.354 e. The minimum absolute atomic E-state index is 0.0136. The van der Waals surface area contributed by atoms with Crippen LogP contribution >= 0.6 is 0 Å². The molecule has 0 saturated carbocycles. The van der Waals surface area contributed by atoms with Crippen molar-refractivity contribution in [3.8, 4) is 0 Å². The Morgan fingerprint density at radius 3 is 2.13 bits per heavy atom. The number of rotatable bonds is 12. The van der Waals surface area contributed by atoms with E-state index in [0.29, 0.717) is 29.8 Å². The van der Waals surface area contributed by atoms with Gasteiger partial charge in [0.1, 0.15) is 18.4 Å². The highest BCUT2D eigenvalue weighted by atomic mass is 32.2. The number of anilines is 1. The first-order chi connectivity index (χ1) is 18.5. The summed E-state index contributed by atoms with van der Waals surface area (Å²) in [7, 11) is -4.12. The minimum Gasteiger partial charge on any atom is -0.354 e. The van der Waals surface area contributed by atoms with E-state index in [9.17, 15) is 22.4 Å². The highest BCUT2D eigenvalue weighted by Crippen LogP contribution is 2.27. The van der Waals surface area contributed by atoms with Crippen LogP contribution in [0.4, 0.5) is 10.1 Å². The lowest BCUT2D eigenvalue weighted by Crippen LogP contribution is -2.52. The lowest BCUT2D eigenvalue weighted by atomic mass is 10.1. The van der Waals surface area contributed by atoms with Gasteiger partial charge in [-0.05, 0) is 60.7 Å². The van der Waals surface area contributed by atoms with Crippen LogP contribution in [0.5, 0.6) is 0 Å². The fourth-order valence-electron chi connectivity index (χ4n) is 4.20. The molecule has 3 aromatic carbocycles. The van der Waals surface area contributed by atoms with E-state index >= 15 is 0 Å². The second kappa shape index (κ2) is 13.4. The quantitative estimate of drug-likeness (QED) is 0.345. The number of nitrogens with one attached hydrogen (secondary N) is 1. The molecule has 7 nitrogen and oxygen atoms in total. The number of amides is 2. The summed E-state index contributed by atoms with van der Waals surface area (Å²) in [5.41, 5.74) is 1.67. The van der Waals surface area contributed by atoms with Crippen molar-refractivity contribution in [2.75, 3.05) is 17.4 Å². The first-order valence-electron chi connectivity index (χ1n) is 13.0. The molecule has 9 heteroatoms. The van der Waals surface area contributed by atoms with Crippen LogP contribution in [0.2, 0.25) is 0 Å². The third kappa shape index (κ3) is 7.66. The van der Waals surface area contributed by atoms with Crippen LogP contribution in [0.1, 0.15) is 38.3 Å². The number of aryl methyl sites for hydroxylation is 1. The van der Waals surface area contributed by atoms with Gasteiger partial charge in [-0.15, -0.1) is 0 Å². The van der Waals surface area contributed by atoms with Crippen molar-refractivity contribution in [1.29, 1.82) is 0 Å². The molecule has 0 aromatic heterocycles. The number of sulfonamides is 1. The Kier molecular flexibility index (Phi) is 10.2. The lowest BCUT2D eigenvalue weighted by Gasteiger charge is -2.33. The van der Waals surface area contributed by atoms with Crippen molar-refractivity contribution in [3.63, 3.8) is 0 Å². The molecule has 0 bridgehead atoms. The third-order valence-electron chi connectivity index (χ3n) is 6.33. The van der Waals surface area contributed by atoms with Gasteiger partial charge < -0.3 is 10.2 Å². The van der Waals surface area contributed by atoms with Crippen LogP contribution < -0.4 is 9.62 Å². The smallest absolute Gasteiger partial charge is 0.264 e. The maximum Gasteiger partial charge on any atom is 0.264 e. The minimum atomic E-state index is -4.12. The summed E-state index contributed by atoms with van der Waals surface area (Å²) in [6.07, 6.45) is 0.312. The first kappa shape index (κ1) is 29.8. The van der Waals surface area contributed by atoms with Gasteiger partial charge in [0.2, 0.25) is 11.8 Å². The lowest BCUT2D eigenvalue weighted by molar-refractivity contribution is -0.140. The number of nitrogens with zero attached hydrogens (tertiary/aromatic N) is 2. The third-order valence-corrected chi connectivity index (χ3v) is 8.10. The average Bonchev–Trinajstić information content (AvgIpc) is 2.92. The monoisotopic (exact) mass is 553 g/mol. The van der Waals surface area contributed by atoms with Gasteiger partial charge in [-0.2, -0.15) is 0 Å². The van der Waals surface area contributed by atoms with Crippen molar-refractivity contribution in [2.24, 2.45) is 5.92 Å². The highest BCUT2D eigenvalue weighted by molar-refractivity contribution is 7.92. The van der Waals surface area contributed by atoms with Gasteiger partial charge >= 0.3 is 0 Å². The molecule has 3 aromatic rings. The van der Waals surface area contributed by atoms with Crippen LogP contribution in [-0.2, 0) is 26.2 Å². The maximum absolute atomic E-state index is 14.0. The highest BCUT2D eigenvalue weighted by Gasteiger charge is 2.34. The zero-order chi connectivity index (χ0) is 28.6. The summed E-state index contributed by atoms with van der Waals surface area (Å²) in [4.78, 5) is 28.6. The average molecular weight is 554 g/mol. The maximum atomic E-state index is 14.0. The van der Waals surface area contributed by atoms with Gasteiger partial charge in [-0.25, -0.2) is 12.8 Å². The van der Waals surface area contributed by atoms with Gasteiger partial charge in [-0.1, -0.05) is 69.3 Å². The summed E-state index contributed by atoms with van der Waals surface area (Å²) in [6, 6.07) is 19.7. The van der Waals surface area contributed by atoms with Gasteiger partial charge in [0.25, 0.3) is 10.0 Å². The van der Waals surface area contributed by atoms with Crippen molar-refractivity contribution in [1.82, 2.24) is 10.2 Å². The predicted octanol–water partition coefficient (Wildman–Crippen LogP) is 4.91. The molecular formula is C30H36FN3O4S. The van der Waals surface area contributed by atoms with Crippen LogP contribution in [0.15, 0.2) is 83.8 Å². The fourth-order valence-corrected chi connectivity index (χ4v) is 5.70. The Balaban J connectivity index is 2.04. The van der Waals surface area contributed by atoms with Crippen molar-refractivity contribution in [3.05, 3.63) is 95.8 Å². The van der Waals surface area contributed by atoms with E-state index < -0.39 is 34.3 Å².